The van der Waals surface area contributed by atoms with Crippen molar-refractivity contribution in [2.45, 2.75) is 72.0 Å². The highest BCUT2D eigenvalue weighted by atomic mass is 15.3. The van der Waals surface area contributed by atoms with E-state index in [0.29, 0.717) is 11.0 Å². The molecule has 3 rings (SSSR count). The Morgan fingerprint density at radius 1 is 1.13 bits per heavy atom. The molecule has 0 radical (unpaired) electrons. The van der Waals surface area contributed by atoms with Crippen LogP contribution in [0.5, 0.6) is 0 Å². The lowest BCUT2D eigenvalue weighted by Crippen LogP contribution is -2.65. The lowest BCUT2D eigenvalue weighted by atomic mass is 9.70. The Bertz CT molecular complexity index is 287. The molecule has 2 bridgehead atoms. The maximum absolute atomic E-state index is 2.68. The van der Waals surface area contributed by atoms with Gasteiger partial charge in [-0.15, -0.1) is 0 Å². The molecule has 1 nitrogen and oxygen atoms in total. The van der Waals surface area contributed by atoms with Crippen molar-refractivity contribution in [3.05, 3.63) is 11.6 Å². The average Bonchev–Trinajstić information content (AvgIpc) is 1.99. The Kier molecular flexibility index (Phi) is 2.31. The zero-order chi connectivity index (χ0) is 11.4. The SMILES string of the molecule is CC(C)(C)C1=CC2CC(C1)N2C(C)(C)C. The van der Waals surface area contributed by atoms with Crippen molar-refractivity contribution in [1.82, 2.24) is 4.90 Å². The van der Waals surface area contributed by atoms with Crippen molar-refractivity contribution in [2.75, 3.05) is 0 Å². The number of hydrogen-bond donors (Lipinski definition) is 0. The molecular weight excluding hydrogens is 182 g/mol. The van der Waals surface area contributed by atoms with Crippen LogP contribution in [0.1, 0.15) is 54.4 Å². The molecule has 2 aliphatic heterocycles. The molecule has 0 N–H and O–H groups in total. The zero-order valence-corrected chi connectivity index (χ0v) is 11.1. The first-order chi connectivity index (χ1) is 6.69. The summed E-state index contributed by atoms with van der Waals surface area (Å²) in [6.07, 6.45) is 5.21. The van der Waals surface area contributed by atoms with E-state index in [-0.39, 0.29) is 0 Å². The minimum absolute atomic E-state index is 0.341. The van der Waals surface area contributed by atoms with Crippen LogP contribution in [0.25, 0.3) is 0 Å². The van der Waals surface area contributed by atoms with E-state index < -0.39 is 0 Å². The monoisotopic (exact) mass is 207 g/mol. The smallest absolute Gasteiger partial charge is 0.0304 e. The highest BCUT2D eigenvalue weighted by Gasteiger charge is 2.47. The topological polar surface area (TPSA) is 3.24 Å². The summed E-state index contributed by atoms with van der Waals surface area (Å²) in [5, 5.41) is 0. The van der Waals surface area contributed by atoms with Crippen LogP contribution in [0.4, 0.5) is 0 Å². The van der Waals surface area contributed by atoms with Gasteiger partial charge >= 0.3 is 0 Å². The third kappa shape index (κ3) is 1.87. The molecule has 1 aliphatic carbocycles. The molecule has 86 valence electrons. The van der Waals surface area contributed by atoms with Crippen molar-refractivity contribution in [1.29, 1.82) is 0 Å². The Labute approximate surface area is 94.5 Å². The van der Waals surface area contributed by atoms with Gasteiger partial charge in [-0.1, -0.05) is 32.4 Å². The number of nitrogens with zero attached hydrogens (tertiary/aromatic N) is 1. The van der Waals surface area contributed by atoms with Crippen LogP contribution < -0.4 is 0 Å². The molecule has 0 aromatic carbocycles. The highest BCUT2D eigenvalue weighted by molar-refractivity contribution is 5.26. The number of fused-ring (bicyclic) bond motifs is 1. The fourth-order valence-electron chi connectivity index (χ4n) is 3.12. The summed E-state index contributed by atoms with van der Waals surface area (Å²) in [4.78, 5) is 2.68. The Hall–Kier alpha value is -0.300. The van der Waals surface area contributed by atoms with Crippen LogP contribution in [0, 0.1) is 5.41 Å². The molecule has 3 aliphatic rings. The fraction of sp³-hybridized carbons (Fsp3) is 0.857. The molecule has 0 spiro atoms. The molecule has 2 atom stereocenters. The molecule has 0 aromatic heterocycles. The molecule has 1 heteroatoms. The van der Waals surface area contributed by atoms with Crippen molar-refractivity contribution >= 4 is 0 Å². The lowest BCUT2D eigenvalue weighted by molar-refractivity contribution is -0.0477. The van der Waals surface area contributed by atoms with Crippen LogP contribution in [0.3, 0.4) is 0 Å². The molecule has 2 heterocycles. The number of rotatable bonds is 0. The van der Waals surface area contributed by atoms with Crippen LogP contribution in [0.15, 0.2) is 11.6 Å². The van der Waals surface area contributed by atoms with E-state index >= 15 is 0 Å². The van der Waals surface area contributed by atoms with E-state index in [1.807, 2.05) is 0 Å². The van der Waals surface area contributed by atoms with Gasteiger partial charge in [-0.25, -0.2) is 0 Å². The van der Waals surface area contributed by atoms with E-state index in [1.54, 1.807) is 5.57 Å². The van der Waals surface area contributed by atoms with Crippen molar-refractivity contribution in [2.24, 2.45) is 5.41 Å². The third-order valence-corrected chi connectivity index (χ3v) is 3.85. The second kappa shape index (κ2) is 3.10. The first-order valence-electron chi connectivity index (χ1n) is 6.19. The fourth-order valence-corrected chi connectivity index (χ4v) is 3.12. The van der Waals surface area contributed by atoms with E-state index in [1.165, 1.54) is 12.8 Å². The summed E-state index contributed by atoms with van der Waals surface area (Å²) < 4.78 is 0. The molecule has 0 amide bonds. The predicted octanol–water partition coefficient (Wildman–Crippen LogP) is 3.60. The lowest BCUT2D eigenvalue weighted by Gasteiger charge is -2.59. The molecular formula is C14H25N. The van der Waals surface area contributed by atoms with Gasteiger partial charge in [-0.05, 0) is 39.0 Å². The van der Waals surface area contributed by atoms with E-state index in [4.69, 9.17) is 0 Å². The van der Waals surface area contributed by atoms with Crippen molar-refractivity contribution in [3.63, 3.8) is 0 Å². The van der Waals surface area contributed by atoms with E-state index in [9.17, 15) is 0 Å². The predicted molar refractivity (Wildman–Crippen MR) is 65.9 cm³/mol. The van der Waals surface area contributed by atoms with Crippen molar-refractivity contribution < 1.29 is 0 Å². The van der Waals surface area contributed by atoms with E-state index in [0.717, 1.165) is 12.1 Å². The van der Waals surface area contributed by atoms with Gasteiger partial charge in [-0.2, -0.15) is 0 Å². The maximum atomic E-state index is 2.68. The van der Waals surface area contributed by atoms with Gasteiger partial charge in [0.25, 0.3) is 0 Å². The third-order valence-electron chi connectivity index (χ3n) is 3.85. The summed E-state index contributed by atoms with van der Waals surface area (Å²) in [6, 6.07) is 1.53. The first-order valence-corrected chi connectivity index (χ1v) is 6.19. The van der Waals surface area contributed by atoms with Crippen LogP contribution >= 0.6 is 0 Å². The number of hydrogen-bond acceptors (Lipinski definition) is 1. The average molecular weight is 207 g/mol. The Morgan fingerprint density at radius 2 is 1.73 bits per heavy atom. The summed E-state index contributed by atoms with van der Waals surface area (Å²) in [5.41, 5.74) is 2.39. The molecule has 0 aromatic rings. The molecule has 15 heavy (non-hydrogen) atoms. The van der Waals surface area contributed by atoms with Gasteiger partial charge in [0, 0.05) is 17.6 Å². The minimum atomic E-state index is 0.341. The standard InChI is InChI=1S/C14H25N/c1-13(2,3)10-7-11-9-12(8-10)15(11)14(4,5)6/h7,11-12H,8-9H2,1-6H3. The normalized spacial score (nSPS) is 32.3. The second-order valence-corrected chi connectivity index (χ2v) is 7.18. The Morgan fingerprint density at radius 3 is 2.07 bits per heavy atom. The van der Waals surface area contributed by atoms with E-state index in [2.05, 4.69) is 52.5 Å². The minimum Gasteiger partial charge on any atom is -0.289 e. The summed E-state index contributed by atoms with van der Waals surface area (Å²) in [6.45, 7) is 14.0. The van der Waals surface area contributed by atoms with Crippen LogP contribution in [0.2, 0.25) is 0 Å². The summed E-state index contributed by atoms with van der Waals surface area (Å²) in [7, 11) is 0. The van der Waals surface area contributed by atoms with Gasteiger partial charge in [-0.3, -0.25) is 4.90 Å². The largest absolute Gasteiger partial charge is 0.289 e. The molecule has 2 unspecified atom stereocenters. The first kappa shape index (κ1) is 11.2. The van der Waals surface area contributed by atoms with Crippen LogP contribution in [-0.2, 0) is 0 Å². The van der Waals surface area contributed by atoms with Gasteiger partial charge in [0.2, 0.25) is 0 Å². The second-order valence-electron chi connectivity index (χ2n) is 7.18. The van der Waals surface area contributed by atoms with Gasteiger partial charge in [0.05, 0.1) is 0 Å². The van der Waals surface area contributed by atoms with Crippen molar-refractivity contribution in [3.8, 4) is 0 Å². The molecule has 1 fully saturated rings. The quantitative estimate of drug-likeness (QED) is 0.549. The zero-order valence-electron chi connectivity index (χ0n) is 11.1. The molecule has 1 saturated heterocycles. The summed E-state index contributed by atoms with van der Waals surface area (Å²) in [5.74, 6) is 0. The Balaban J connectivity index is 2.17. The molecule has 0 saturated carbocycles. The highest BCUT2D eigenvalue weighted by Crippen LogP contribution is 2.46. The maximum Gasteiger partial charge on any atom is 0.0304 e. The van der Waals surface area contributed by atoms with Gasteiger partial charge in [0.15, 0.2) is 0 Å². The van der Waals surface area contributed by atoms with Gasteiger partial charge in [0.1, 0.15) is 0 Å². The van der Waals surface area contributed by atoms with Gasteiger partial charge < -0.3 is 0 Å². The van der Waals surface area contributed by atoms with Crippen LogP contribution in [-0.4, -0.2) is 22.5 Å². The summed E-state index contributed by atoms with van der Waals surface area (Å²) >= 11 is 0.